The van der Waals surface area contributed by atoms with E-state index in [1.54, 1.807) is 13.0 Å². The van der Waals surface area contributed by atoms with Crippen molar-refractivity contribution in [1.29, 1.82) is 0 Å². The number of amides is 1. The van der Waals surface area contributed by atoms with Crippen LogP contribution in [0.5, 0.6) is 0 Å². The van der Waals surface area contributed by atoms with Gasteiger partial charge in [0.1, 0.15) is 6.54 Å². The number of carbonyl (C=O) groups is 1. The van der Waals surface area contributed by atoms with Crippen LogP contribution in [0, 0.1) is 13.8 Å². The van der Waals surface area contributed by atoms with Gasteiger partial charge in [0, 0.05) is 0 Å². The van der Waals surface area contributed by atoms with Gasteiger partial charge in [0.15, 0.2) is 0 Å². The molecular weight excluding hydrogens is 501 g/mol. The number of rotatable bonds is 7. The first-order valence-electron chi connectivity index (χ1n) is 10.6. The van der Waals surface area contributed by atoms with E-state index in [1.807, 2.05) is 32.0 Å². The first-order valence-corrected chi connectivity index (χ1v) is 12.4. The molecule has 0 fully saturated rings. The molecule has 0 aromatic heterocycles. The number of hydrogen-bond acceptors (Lipinski definition) is 3. The van der Waals surface area contributed by atoms with Crippen molar-refractivity contribution in [3.63, 3.8) is 0 Å². The number of carbonyl (C=O) groups excluding carboxylic acids is 1. The summed E-state index contributed by atoms with van der Waals surface area (Å²) in [5.41, 5.74) is 1.30. The second kappa shape index (κ2) is 10.3. The predicted molar refractivity (Wildman–Crippen MR) is 130 cm³/mol. The quantitative estimate of drug-likeness (QED) is 0.409. The monoisotopic (exact) mass is 524 g/mol. The minimum atomic E-state index is -4.81. The molecule has 0 aliphatic rings. The molecule has 0 saturated heterocycles. The lowest BCUT2D eigenvalue weighted by molar-refractivity contribution is -0.137. The van der Waals surface area contributed by atoms with Gasteiger partial charge in [-0.25, -0.2) is 8.42 Å². The van der Waals surface area contributed by atoms with Crippen molar-refractivity contribution in [2.24, 2.45) is 0 Å². The highest BCUT2D eigenvalue weighted by atomic mass is 35.5. The van der Waals surface area contributed by atoms with Gasteiger partial charge in [-0.2, -0.15) is 13.2 Å². The zero-order valence-electron chi connectivity index (χ0n) is 19.2. The van der Waals surface area contributed by atoms with Crippen LogP contribution in [-0.2, 0) is 21.0 Å². The zero-order chi connectivity index (χ0) is 26.0. The van der Waals surface area contributed by atoms with Crippen molar-refractivity contribution in [2.45, 2.75) is 37.9 Å². The average molecular weight is 525 g/mol. The van der Waals surface area contributed by atoms with E-state index >= 15 is 0 Å². The van der Waals surface area contributed by atoms with Crippen molar-refractivity contribution < 1.29 is 26.4 Å². The number of alkyl halides is 3. The number of halogens is 4. The Kier molecular flexibility index (Phi) is 7.81. The summed E-state index contributed by atoms with van der Waals surface area (Å²) in [7, 11) is -4.38. The number of anilines is 1. The first kappa shape index (κ1) is 26.6. The molecule has 3 aromatic rings. The molecule has 1 unspecified atom stereocenters. The highest BCUT2D eigenvalue weighted by Crippen LogP contribution is 2.38. The molecular formula is C25H24ClF3N2O3S. The summed E-state index contributed by atoms with van der Waals surface area (Å²) < 4.78 is 67.8. The van der Waals surface area contributed by atoms with E-state index in [2.05, 4.69) is 5.32 Å². The molecule has 0 aliphatic carbocycles. The van der Waals surface area contributed by atoms with Gasteiger partial charge in [-0.3, -0.25) is 9.10 Å². The number of benzene rings is 3. The fourth-order valence-electron chi connectivity index (χ4n) is 3.73. The lowest BCUT2D eigenvalue weighted by Gasteiger charge is -2.26. The molecule has 35 heavy (non-hydrogen) atoms. The summed E-state index contributed by atoms with van der Waals surface area (Å²) in [6.45, 7) is 4.85. The number of hydrogen-bond donors (Lipinski definition) is 1. The smallest absolute Gasteiger partial charge is 0.348 e. The second-order valence-electron chi connectivity index (χ2n) is 8.14. The third-order valence-electron chi connectivity index (χ3n) is 5.43. The highest BCUT2D eigenvalue weighted by molar-refractivity contribution is 7.92. The fraction of sp³-hybridized carbons (Fsp3) is 0.240. The lowest BCUT2D eigenvalue weighted by atomic mass is 10.0. The maximum Gasteiger partial charge on any atom is 0.417 e. The normalized spacial score (nSPS) is 12.8. The predicted octanol–water partition coefficient (Wildman–Crippen LogP) is 6.05. The van der Waals surface area contributed by atoms with Crippen molar-refractivity contribution in [3.8, 4) is 0 Å². The Morgan fingerprint density at radius 1 is 1.03 bits per heavy atom. The maximum absolute atomic E-state index is 13.5. The van der Waals surface area contributed by atoms with Gasteiger partial charge < -0.3 is 5.32 Å². The van der Waals surface area contributed by atoms with Crippen molar-refractivity contribution in [1.82, 2.24) is 5.32 Å². The van der Waals surface area contributed by atoms with Crippen LogP contribution in [-0.4, -0.2) is 20.9 Å². The average Bonchev–Trinajstić information content (AvgIpc) is 2.77. The molecule has 0 spiro atoms. The molecule has 3 aromatic carbocycles. The first-order chi connectivity index (χ1) is 16.3. The zero-order valence-corrected chi connectivity index (χ0v) is 20.8. The summed E-state index contributed by atoms with van der Waals surface area (Å²) in [6, 6.07) is 15.2. The molecule has 0 radical (unpaired) electrons. The Balaban J connectivity index is 1.99. The van der Waals surface area contributed by atoms with Gasteiger partial charge >= 0.3 is 6.18 Å². The Labute approximate surface area is 207 Å². The number of nitrogens with one attached hydrogen (secondary N) is 1. The maximum atomic E-state index is 13.5. The Morgan fingerprint density at radius 3 is 2.29 bits per heavy atom. The van der Waals surface area contributed by atoms with Crippen molar-refractivity contribution in [2.75, 3.05) is 10.8 Å². The van der Waals surface area contributed by atoms with Gasteiger partial charge in [0.05, 0.1) is 27.2 Å². The fourth-order valence-corrected chi connectivity index (χ4v) is 5.39. The van der Waals surface area contributed by atoms with Gasteiger partial charge in [-0.15, -0.1) is 0 Å². The number of sulfonamides is 1. The molecule has 0 aliphatic heterocycles. The Bertz CT molecular complexity index is 1330. The molecule has 186 valence electrons. The van der Waals surface area contributed by atoms with Crippen LogP contribution in [0.1, 0.15) is 35.2 Å². The minimum Gasteiger partial charge on any atom is -0.348 e. The van der Waals surface area contributed by atoms with Crippen LogP contribution >= 0.6 is 11.6 Å². The summed E-state index contributed by atoms with van der Waals surface area (Å²) in [5, 5.41) is 2.17. The van der Waals surface area contributed by atoms with Gasteiger partial charge in [-0.1, -0.05) is 53.6 Å². The van der Waals surface area contributed by atoms with Crippen LogP contribution in [0.15, 0.2) is 71.6 Å². The van der Waals surface area contributed by atoms with E-state index in [-0.39, 0.29) is 10.6 Å². The summed E-state index contributed by atoms with van der Waals surface area (Å²) >= 11 is 5.72. The van der Waals surface area contributed by atoms with Crippen LogP contribution in [0.4, 0.5) is 18.9 Å². The largest absolute Gasteiger partial charge is 0.417 e. The summed E-state index contributed by atoms with van der Waals surface area (Å²) in [5.74, 6) is -0.680. The van der Waals surface area contributed by atoms with E-state index < -0.39 is 45.3 Å². The van der Waals surface area contributed by atoms with E-state index in [1.165, 1.54) is 24.3 Å². The summed E-state index contributed by atoms with van der Waals surface area (Å²) in [4.78, 5) is 12.8. The molecule has 1 atom stereocenters. The highest BCUT2D eigenvalue weighted by Gasteiger charge is 2.35. The van der Waals surface area contributed by atoms with Gasteiger partial charge in [0.2, 0.25) is 5.91 Å². The van der Waals surface area contributed by atoms with E-state index in [9.17, 15) is 26.4 Å². The topological polar surface area (TPSA) is 66.5 Å². The Morgan fingerprint density at radius 2 is 1.69 bits per heavy atom. The second-order valence-corrected chi connectivity index (χ2v) is 10.4. The molecule has 5 nitrogen and oxygen atoms in total. The van der Waals surface area contributed by atoms with E-state index in [0.717, 1.165) is 28.8 Å². The third kappa shape index (κ3) is 6.15. The standard InChI is InChI=1S/C25H24ClF3N2O3S/c1-16-9-11-21(17(2)13-16)18(3)30-24(32)15-31(35(33,34)20-7-5-4-6-8-20)19-10-12-23(26)22(14-19)25(27,28)29/h4-14,18H,15H2,1-3H3,(H,30,32). The van der Waals surface area contributed by atoms with Crippen LogP contribution in [0.2, 0.25) is 5.02 Å². The SMILES string of the molecule is Cc1ccc(C(C)NC(=O)CN(c2ccc(Cl)c(C(F)(F)F)c2)S(=O)(=O)c2ccccc2)c(C)c1. The molecule has 1 N–H and O–H groups in total. The Hall–Kier alpha value is -3.04. The minimum absolute atomic E-state index is 0.168. The third-order valence-corrected chi connectivity index (χ3v) is 7.55. The van der Waals surface area contributed by atoms with Crippen LogP contribution < -0.4 is 9.62 Å². The lowest BCUT2D eigenvalue weighted by Crippen LogP contribution is -2.41. The van der Waals surface area contributed by atoms with Crippen LogP contribution in [0.3, 0.4) is 0 Å². The van der Waals surface area contributed by atoms with E-state index in [0.29, 0.717) is 10.4 Å². The van der Waals surface area contributed by atoms with Crippen LogP contribution in [0.25, 0.3) is 0 Å². The molecule has 10 heteroatoms. The molecule has 3 rings (SSSR count). The van der Waals surface area contributed by atoms with Crippen molar-refractivity contribution in [3.05, 3.63) is 94.0 Å². The molecule has 0 heterocycles. The summed E-state index contributed by atoms with van der Waals surface area (Å²) in [6.07, 6.45) is -4.81. The van der Waals surface area contributed by atoms with E-state index in [4.69, 9.17) is 11.6 Å². The molecule has 0 saturated carbocycles. The molecule has 0 bridgehead atoms. The van der Waals surface area contributed by atoms with Crippen molar-refractivity contribution >= 4 is 33.2 Å². The number of aryl methyl sites for hydroxylation is 2. The number of nitrogens with zero attached hydrogens (tertiary/aromatic N) is 1. The van der Waals surface area contributed by atoms with Gasteiger partial charge in [0.25, 0.3) is 10.0 Å². The van der Waals surface area contributed by atoms with Gasteiger partial charge in [-0.05, 0) is 62.2 Å². The molecule has 1 amide bonds.